The summed E-state index contributed by atoms with van der Waals surface area (Å²) >= 11 is 0. The Labute approximate surface area is 302 Å². The van der Waals surface area contributed by atoms with E-state index in [9.17, 15) is 0 Å². The second kappa shape index (κ2) is 11.2. The van der Waals surface area contributed by atoms with Gasteiger partial charge in [0.15, 0.2) is 0 Å². The maximum atomic E-state index is 6.56. The van der Waals surface area contributed by atoms with Gasteiger partial charge in [0.1, 0.15) is 11.2 Å². The first-order chi connectivity index (χ1) is 25.8. The lowest BCUT2D eigenvalue weighted by Crippen LogP contribution is -2.29. The molecule has 0 aliphatic heterocycles. The second-order valence-corrected chi connectivity index (χ2v) is 14.0. The lowest BCUT2D eigenvalue weighted by Gasteiger charge is -2.35. The summed E-state index contributed by atoms with van der Waals surface area (Å²) in [6.07, 6.45) is 0. The molecule has 1 aromatic heterocycles. The Kier molecular flexibility index (Phi) is 6.23. The molecule has 0 saturated heterocycles. The van der Waals surface area contributed by atoms with Gasteiger partial charge in [-0.2, -0.15) is 0 Å². The fourth-order valence-electron chi connectivity index (χ4n) is 9.13. The summed E-state index contributed by atoms with van der Waals surface area (Å²) in [5.41, 5.74) is 13.8. The van der Waals surface area contributed by atoms with E-state index in [0.717, 1.165) is 21.9 Å². The van der Waals surface area contributed by atoms with Crippen LogP contribution in [0.1, 0.15) is 22.3 Å². The van der Waals surface area contributed by atoms with Crippen molar-refractivity contribution < 1.29 is 4.42 Å². The summed E-state index contributed by atoms with van der Waals surface area (Å²) < 4.78 is 6.56. The summed E-state index contributed by atoms with van der Waals surface area (Å²) in [4.78, 5) is 0. The fourth-order valence-corrected chi connectivity index (χ4v) is 9.13. The fraction of sp³-hybridized carbons (Fsp3) is 0.0196. The molecule has 0 atom stereocenters. The standard InChI is InChI=1S/C51H32O/c1-4-15-33(16-5-1)43-30-36-19-12-13-24-41(36)50-49(43)42-28-27-37(31-45(42)51(50,38-20-6-2-7-21-38)39-22-8-3-9-23-39)40-25-14-26-46-48(40)44-29-34-17-10-11-18-35(34)32-47(44)52-46/h1-32H. The van der Waals surface area contributed by atoms with Gasteiger partial charge in [-0.15, -0.1) is 0 Å². The molecule has 11 rings (SSSR count). The number of furan rings is 1. The van der Waals surface area contributed by atoms with Gasteiger partial charge in [0.2, 0.25) is 0 Å². The van der Waals surface area contributed by atoms with Gasteiger partial charge in [-0.25, -0.2) is 0 Å². The van der Waals surface area contributed by atoms with Gasteiger partial charge >= 0.3 is 0 Å². The van der Waals surface area contributed by atoms with Crippen molar-refractivity contribution in [1.82, 2.24) is 0 Å². The van der Waals surface area contributed by atoms with Crippen molar-refractivity contribution in [2.45, 2.75) is 5.41 Å². The number of hydrogen-bond donors (Lipinski definition) is 0. The van der Waals surface area contributed by atoms with Crippen LogP contribution in [0, 0.1) is 0 Å². The summed E-state index contributed by atoms with van der Waals surface area (Å²) in [6.45, 7) is 0. The minimum atomic E-state index is -0.573. The van der Waals surface area contributed by atoms with Crippen LogP contribution in [0.5, 0.6) is 0 Å². The van der Waals surface area contributed by atoms with Crippen LogP contribution in [0.2, 0.25) is 0 Å². The molecule has 10 aromatic rings. The Balaban J connectivity index is 1.29. The molecule has 0 spiro atoms. The maximum absolute atomic E-state index is 6.56. The third kappa shape index (κ3) is 4.05. The Bertz CT molecular complexity index is 2950. The molecule has 0 unspecified atom stereocenters. The molecule has 1 heterocycles. The highest BCUT2D eigenvalue weighted by Gasteiger charge is 2.48. The van der Waals surface area contributed by atoms with Crippen LogP contribution in [0.3, 0.4) is 0 Å². The molecule has 0 saturated carbocycles. The van der Waals surface area contributed by atoms with Crippen molar-refractivity contribution in [1.29, 1.82) is 0 Å². The van der Waals surface area contributed by atoms with Crippen LogP contribution in [-0.4, -0.2) is 0 Å². The molecule has 0 fully saturated rings. The van der Waals surface area contributed by atoms with E-state index in [4.69, 9.17) is 4.42 Å². The first-order valence-electron chi connectivity index (χ1n) is 18.0. The Hall–Kier alpha value is -6.70. The Morgan fingerprint density at radius 3 is 1.73 bits per heavy atom. The minimum absolute atomic E-state index is 0.573. The van der Waals surface area contributed by atoms with Gasteiger partial charge in [-0.05, 0) is 108 Å². The van der Waals surface area contributed by atoms with Gasteiger partial charge in [0.25, 0.3) is 0 Å². The Morgan fingerprint density at radius 2 is 1.00 bits per heavy atom. The first-order valence-corrected chi connectivity index (χ1v) is 18.0. The minimum Gasteiger partial charge on any atom is -0.456 e. The molecule has 0 radical (unpaired) electrons. The lowest BCUT2D eigenvalue weighted by atomic mass is 9.66. The highest BCUT2D eigenvalue weighted by molar-refractivity contribution is 6.16. The molecule has 242 valence electrons. The van der Waals surface area contributed by atoms with Crippen molar-refractivity contribution in [2.75, 3.05) is 0 Å². The predicted molar refractivity (Wildman–Crippen MR) is 217 cm³/mol. The summed E-state index contributed by atoms with van der Waals surface area (Å²) in [7, 11) is 0. The van der Waals surface area contributed by atoms with Crippen molar-refractivity contribution >= 4 is 43.5 Å². The van der Waals surface area contributed by atoms with Gasteiger partial charge in [-0.3, -0.25) is 0 Å². The third-order valence-electron chi connectivity index (χ3n) is 11.3. The number of hydrogen-bond acceptors (Lipinski definition) is 1. The zero-order chi connectivity index (χ0) is 34.2. The molecular formula is C51H32O. The molecule has 0 N–H and O–H groups in total. The average molecular weight is 661 g/mol. The normalized spacial score (nSPS) is 13.2. The van der Waals surface area contributed by atoms with Crippen LogP contribution in [-0.2, 0) is 5.41 Å². The summed E-state index contributed by atoms with van der Waals surface area (Å²) in [5.74, 6) is 0. The smallest absolute Gasteiger partial charge is 0.136 e. The summed E-state index contributed by atoms with van der Waals surface area (Å²) in [5, 5.41) is 7.21. The molecular weight excluding hydrogens is 629 g/mol. The maximum Gasteiger partial charge on any atom is 0.136 e. The summed E-state index contributed by atoms with van der Waals surface area (Å²) in [6, 6.07) is 71.2. The van der Waals surface area contributed by atoms with E-state index in [-0.39, 0.29) is 0 Å². The molecule has 52 heavy (non-hydrogen) atoms. The molecule has 1 nitrogen and oxygen atoms in total. The van der Waals surface area contributed by atoms with Crippen LogP contribution in [0.4, 0.5) is 0 Å². The molecule has 9 aromatic carbocycles. The highest BCUT2D eigenvalue weighted by atomic mass is 16.3. The van der Waals surface area contributed by atoms with E-state index < -0.39 is 5.41 Å². The topological polar surface area (TPSA) is 13.1 Å². The zero-order valence-corrected chi connectivity index (χ0v) is 28.4. The van der Waals surface area contributed by atoms with Crippen molar-refractivity contribution in [2.24, 2.45) is 0 Å². The average Bonchev–Trinajstić information content (AvgIpc) is 3.74. The number of fused-ring (bicyclic) bond motifs is 9. The molecule has 1 heteroatoms. The van der Waals surface area contributed by atoms with Crippen LogP contribution in [0.15, 0.2) is 199 Å². The van der Waals surface area contributed by atoms with Gasteiger partial charge in [-0.1, -0.05) is 164 Å². The van der Waals surface area contributed by atoms with E-state index in [2.05, 4.69) is 194 Å². The molecule has 0 amide bonds. The van der Waals surface area contributed by atoms with Crippen LogP contribution >= 0.6 is 0 Å². The van der Waals surface area contributed by atoms with Gasteiger partial charge in [0, 0.05) is 10.8 Å². The van der Waals surface area contributed by atoms with E-state index >= 15 is 0 Å². The lowest BCUT2D eigenvalue weighted by molar-refractivity contribution is 0.669. The molecule has 0 bridgehead atoms. The van der Waals surface area contributed by atoms with E-state index in [0.29, 0.717) is 0 Å². The SMILES string of the molecule is c1ccc(-c2cc3ccccc3c3c2-c2ccc(-c4cccc5oc6cc7ccccc7cc6c45)cc2C3(c2ccccc2)c2ccccc2)cc1. The number of rotatable bonds is 4. The molecule has 1 aliphatic carbocycles. The van der Waals surface area contributed by atoms with Gasteiger partial charge in [0.05, 0.1) is 5.41 Å². The van der Waals surface area contributed by atoms with Crippen molar-refractivity contribution in [3.8, 4) is 33.4 Å². The Morgan fingerprint density at radius 1 is 0.365 bits per heavy atom. The second-order valence-electron chi connectivity index (χ2n) is 14.0. The van der Waals surface area contributed by atoms with E-state index in [1.807, 2.05) is 0 Å². The molecule has 1 aliphatic rings. The third-order valence-corrected chi connectivity index (χ3v) is 11.3. The highest BCUT2D eigenvalue weighted by Crippen LogP contribution is 2.61. The van der Waals surface area contributed by atoms with Crippen LogP contribution in [0.25, 0.3) is 76.9 Å². The van der Waals surface area contributed by atoms with Crippen molar-refractivity contribution in [3.63, 3.8) is 0 Å². The van der Waals surface area contributed by atoms with E-state index in [1.54, 1.807) is 0 Å². The monoisotopic (exact) mass is 660 g/mol. The quantitative estimate of drug-likeness (QED) is 0.183. The van der Waals surface area contributed by atoms with Crippen molar-refractivity contribution in [3.05, 3.63) is 216 Å². The zero-order valence-electron chi connectivity index (χ0n) is 28.4. The first kappa shape index (κ1) is 29.1. The van der Waals surface area contributed by atoms with Crippen LogP contribution < -0.4 is 0 Å². The van der Waals surface area contributed by atoms with E-state index in [1.165, 1.54) is 77.2 Å². The number of benzene rings is 9. The van der Waals surface area contributed by atoms with Gasteiger partial charge < -0.3 is 4.42 Å². The largest absolute Gasteiger partial charge is 0.456 e. The predicted octanol–water partition coefficient (Wildman–Crippen LogP) is 13.6.